The van der Waals surface area contributed by atoms with E-state index in [1.54, 1.807) is 29.8 Å². The second-order valence-electron chi connectivity index (χ2n) is 7.34. The minimum atomic E-state index is 0.137. The van der Waals surface area contributed by atoms with Crippen LogP contribution in [0.25, 0.3) is 16.4 Å². The molecule has 4 aromatic rings. The Kier molecular flexibility index (Phi) is 6.29. The molecule has 9 heteroatoms. The van der Waals surface area contributed by atoms with Crippen molar-refractivity contribution in [1.29, 1.82) is 0 Å². The number of benzene rings is 1. The Bertz CT molecular complexity index is 1190. The highest BCUT2D eigenvalue weighted by Gasteiger charge is 2.31. The maximum atomic E-state index is 13.2. The Morgan fingerprint density at radius 3 is 2.75 bits per heavy atom. The van der Waals surface area contributed by atoms with Crippen LogP contribution in [0.4, 0.5) is 0 Å². The second kappa shape index (κ2) is 9.48. The highest BCUT2D eigenvalue weighted by Crippen LogP contribution is 2.37. The van der Waals surface area contributed by atoms with E-state index in [-0.39, 0.29) is 11.9 Å². The minimum absolute atomic E-state index is 0.137. The first-order chi connectivity index (χ1) is 15.8. The van der Waals surface area contributed by atoms with Crippen molar-refractivity contribution in [3.8, 4) is 22.1 Å². The van der Waals surface area contributed by atoms with Gasteiger partial charge in [-0.3, -0.25) is 9.36 Å². The zero-order chi connectivity index (χ0) is 21.9. The van der Waals surface area contributed by atoms with Gasteiger partial charge in [-0.15, -0.1) is 32.9 Å². The van der Waals surface area contributed by atoms with Gasteiger partial charge < -0.3 is 9.64 Å². The van der Waals surface area contributed by atoms with E-state index < -0.39 is 0 Å². The molecule has 5 rings (SSSR count). The third kappa shape index (κ3) is 4.07. The van der Waals surface area contributed by atoms with Crippen molar-refractivity contribution >= 4 is 40.3 Å². The van der Waals surface area contributed by atoms with Gasteiger partial charge in [0.1, 0.15) is 5.75 Å². The van der Waals surface area contributed by atoms with Crippen LogP contribution in [0.3, 0.4) is 0 Å². The number of methoxy groups -OCH3 is 1. The van der Waals surface area contributed by atoms with Crippen LogP contribution in [0.5, 0.6) is 5.75 Å². The van der Waals surface area contributed by atoms with E-state index in [1.165, 1.54) is 16.6 Å². The number of carbonyl (C=O) groups excluding carboxylic acids is 1. The molecule has 32 heavy (non-hydrogen) atoms. The van der Waals surface area contributed by atoms with E-state index in [0.717, 1.165) is 41.5 Å². The Balaban J connectivity index is 1.42. The molecule has 1 amide bonds. The van der Waals surface area contributed by atoms with Crippen LogP contribution < -0.4 is 4.74 Å². The number of para-hydroxylation sites is 2. The largest absolute Gasteiger partial charge is 0.495 e. The zero-order valence-corrected chi connectivity index (χ0v) is 20.0. The predicted molar refractivity (Wildman–Crippen MR) is 130 cm³/mol. The molecule has 0 radical (unpaired) electrons. The van der Waals surface area contributed by atoms with Crippen LogP contribution in [-0.4, -0.2) is 45.0 Å². The summed E-state index contributed by atoms with van der Waals surface area (Å²) in [7, 11) is 1.66. The normalized spacial score (nSPS) is 15.9. The standard InChI is InChI=1S/C23H22N4O2S3/c1-29-18-9-3-2-7-16(18)27-22(20-11-6-14-31-20)24-25-23(27)32-15-21(28)26-12-4-8-17(26)19-10-5-13-30-19/h2-3,5-7,9-11,13-14,17H,4,8,12,15H2,1H3. The number of aromatic nitrogens is 3. The molecule has 6 nitrogen and oxygen atoms in total. The first-order valence-corrected chi connectivity index (χ1v) is 13.1. The van der Waals surface area contributed by atoms with Crippen molar-refractivity contribution in [3.05, 3.63) is 64.2 Å². The van der Waals surface area contributed by atoms with E-state index >= 15 is 0 Å². The van der Waals surface area contributed by atoms with Crippen molar-refractivity contribution in [3.63, 3.8) is 0 Å². The van der Waals surface area contributed by atoms with E-state index in [9.17, 15) is 4.79 Å². The third-order valence-corrected chi connectivity index (χ3v) is 8.22. The Labute approximate surface area is 198 Å². The maximum absolute atomic E-state index is 13.2. The number of amides is 1. The summed E-state index contributed by atoms with van der Waals surface area (Å²) in [6.45, 7) is 0.807. The number of hydrogen-bond donors (Lipinski definition) is 0. The number of nitrogens with zero attached hydrogens (tertiary/aromatic N) is 4. The first kappa shape index (κ1) is 21.2. The summed E-state index contributed by atoms with van der Waals surface area (Å²) in [6.07, 6.45) is 2.07. The molecule has 4 heterocycles. The Morgan fingerprint density at radius 1 is 1.12 bits per heavy atom. The first-order valence-electron chi connectivity index (χ1n) is 10.3. The van der Waals surface area contributed by atoms with E-state index in [4.69, 9.17) is 4.74 Å². The van der Waals surface area contributed by atoms with Crippen LogP contribution >= 0.6 is 34.4 Å². The molecule has 0 saturated carbocycles. The van der Waals surface area contributed by atoms with Gasteiger partial charge in [0, 0.05) is 11.4 Å². The quantitative estimate of drug-likeness (QED) is 0.325. The van der Waals surface area contributed by atoms with Gasteiger partial charge in [-0.2, -0.15) is 0 Å². The maximum Gasteiger partial charge on any atom is 0.233 e. The number of rotatable bonds is 7. The van der Waals surface area contributed by atoms with Gasteiger partial charge in [-0.25, -0.2) is 0 Å². The minimum Gasteiger partial charge on any atom is -0.495 e. The van der Waals surface area contributed by atoms with Crippen molar-refractivity contribution in [2.45, 2.75) is 24.0 Å². The average molecular weight is 483 g/mol. The third-order valence-electron chi connectivity index (χ3n) is 5.47. The van der Waals surface area contributed by atoms with Gasteiger partial charge in [-0.05, 0) is 47.9 Å². The molecule has 164 valence electrons. The van der Waals surface area contributed by atoms with E-state index in [2.05, 4.69) is 27.7 Å². The van der Waals surface area contributed by atoms with Gasteiger partial charge >= 0.3 is 0 Å². The van der Waals surface area contributed by atoms with E-state index in [1.807, 2.05) is 51.2 Å². The highest BCUT2D eigenvalue weighted by molar-refractivity contribution is 7.99. The number of thioether (sulfide) groups is 1. The average Bonchev–Trinajstić information content (AvgIpc) is 3.63. The molecule has 1 aromatic carbocycles. The predicted octanol–water partition coefficient (Wildman–Crippen LogP) is 5.52. The molecule has 0 aliphatic carbocycles. The van der Waals surface area contributed by atoms with Crippen molar-refractivity contribution in [1.82, 2.24) is 19.7 Å². The Morgan fingerprint density at radius 2 is 1.97 bits per heavy atom. The van der Waals surface area contributed by atoms with Crippen LogP contribution in [0, 0.1) is 0 Å². The fourth-order valence-electron chi connectivity index (χ4n) is 4.01. The molecule has 0 bridgehead atoms. The second-order valence-corrected chi connectivity index (χ2v) is 10.2. The SMILES string of the molecule is COc1ccccc1-n1c(SCC(=O)N2CCCC2c2cccs2)nnc1-c1cccs1. The Hall–Kier alpha value is -2.62. The van der Waals surface area contributed by atoms with Crippen LogP contribution in [-0.2, 0) is 4.79 Å². The van der Waals surface area contributed by atoms with E-state index in [0.29, 0.717) is 10.9 Å². The topological polar surface area (TPSA) is 60.2 Å². The summed E-state index contributed by atoms with van der Waals surface area (Å²) in [5.41, 5.74) is 0.857. The molecule has 1 unspecified atom stereocenters. The van der Waals surface area contributed by atoms with Gasteiger partial charge in [0.05, 0.1) is 29.5 Å². The number of thiophene rings is 2. The molecule has 0 N–H and O–H groups in total. The molecular formula is C23H22N4O2S3. The van der Waals surface area contributed by atoms with Gasteiger partial charge in [-0.1, -0.05) is 36.0 Å². The highest BCUT2D eigenvalue weighted by atomic mass is 32.2. The lowest BCUT2D eigenvalue weighted by atomic mass is 10.2. The fourth-order valence-corrected chi connectivity index (χ4v) is 6.41. The van der Waals surface area contributed by atoms with Crippen molar-refractivity contribution in [2.75, 3.05) is 19.4 Å². The molecular weight excluding hydrogens is 460 g/mol. The number of ether oxygens (including phenoxy) is 1. The molecule has 1 atom stereocenters. The summed E-state index contributed by atoms with van der Waals surface area (Å²) < 4.78 is 7.59. The van der Waals surface area contributed by atoms with Crippen LogP contribution in [0.2, 0.25) is 0 Å². The molecule has 1 aliphatic heterocycles. The molecule has 1 fully saturated rings. The lowest BCUT2D eigenvalue weighted by Crippen LogP contribution is -2.31. The molecule has 1 saturated heterocycles. The monoisotopic (exact) mass is 482 g/mol. The smallest absolute Gasteiger partial charge is 0.233 e. The summed E-state index contributed by atoms with van der Waals surface area (Å²) in [4.78, 5) is 17.5. The van der Waals surface area contributed by atoms with Crippen molar-refractivity contribution < 1.29 is 9.53 Å². The summed E-state index contributed by atoms with van der Waals surface area (Å²) in [5, 5.41) is 13.7. The zero-order valence-electron chi connectivity index (χ0n) is 17.5. The summed E-state index contributed by atoms with van der Waals surface area (Å²) in [5.74, 6) is 1.94. The summed E-state index contributed by atoms with van der Waals surface area (Å²) in [6, 6.07) is 16.2. The van der Waals surface area contributed by atoms with Gasteiger partial charge in [0.2, 0.25) is 5.91 Å². The van der Waals surface area contributed by atoms with Crippen molar-refractivity contribution in [2.24, 2.45) is 0 Å². The fraction of sp³-hybridized carbons (Fsp3) is 0.261. The molecule has 0 spiro atoms. The molecule has 3 aromatic heterocycles. The number of carbonyl (C=O) groups is 1. The summed E-state index contributed by atoms with van der Waals surface area (Å²) >= 11 is 4.75. The lowest BCUT2D eigenvalue weighted by Gasteiger charge is -2.23. The lowest BCUT2D eigenvalue weighted by molar-refractivity contribution is -0.129. The van der Waals surface area contributed by atoms with Crippen LogP contribution in [0.1, 0.15) is 23.8 Å². The van der Waals surface area contributed by atoms with Crippen LogP contribution in [0.15, 0.2) is 64.4 Å². The van der Waals surface area contributed by atoms with Gasteiger partial charge in [0.15, 0.2) is 11.0 Å². The molecule has 1 aliphatic rings. The number of hydrogen-bond acceptors (Lipinski definition) is 7. The van der Waals surface area contributed by atoms with Gasteiger partial charge in [0.25, 0.3) is 0 Å². The number of likely N-dealkylation sites (tertiary alicyclic amines) is 1.